The Hall–Kier alpha value is -4.53. The molecule has 3 aromatic heterocycles. The Morgan fingerprint density at radius 2 is 1.83 bits per heavy atom. The van der Waals surface area contributed by atoms with Crippen LogP contribution in [0.2, 0.25) is 0 Å². The number of aromatic nitrogens is 6. The Morgan fingerprint density at radius 3 is 2.58 bits per heavy atom. The number of nitrogens with zero attached hydrogens (tertiary/aromatic N) is 7. The summed E-state index contributed by atoms with van der Waals surface area (Å²) in [5.74, 6) is -0.678. The summed E-state index contributed by atoms with van der Waals surface area (Å²) in [5, 5.41) is 30.3. The highest BCUT2D eigenvalue weighted by atomic mass is 16.5. The van der Waals surface area contributed by atoms with Crippen LogP contribution in [-0.4, -0.2) is 53.7 Å². The number of pyridine rings is 1. The van der Waals surface area contributed by atoms with Crippen molar-refractivity contribution in [3.63, 3.8) is 0 Å². The van der Waals surface area contributed by atoms with Crippen LogP contribution in [0.3, 0.4) is 0 Å². The van der Waals surface area contributed by atoms with Gasteiger partial charge in [-0.05, 0) is 44.2 Å². The standard InChI is InChI=1S/C25H24N8O3/c1-25(2,35)23(34)30-24-28-20(17-7-4-6-16(10-17)12-26)11-21(29-24)22-14-33(32-31-22)13-18-8-5-9-19(27-18)15-36-3/h4-11,14,35H,13,15H2,1-3H3,(H,28,29,30,34). The molecule has 0 radical (unpaired) electrons. The van der Waals surface area contributed by atoms with E-state index in [2.05, 4.69) is 36.7 Å². The molecule has 0 spiro atoms. The van der Waals surface area contributed by atoms with Gasteiger partial charge in [0.25, 0.3) is 5.91 Å². The zero-order chi connectivity index (χ0) is 25.7. The van der Waals surface area contributed by atoms with Gasteiger partial charge in [-0.15, -0.1) is 5.10 Å². The first-order valence-electron chi connectivity index (χ1n) is 11.0. The van der Waals surface area contributed by atoms with Crippen molar-refractivity contribution in [3.8, 4) is 28.7 Å². The first-order chi connectivity index (χ1) is 17.2. The van der Waals surface area contributed by atoms with E-state index in [0.717, 1.165) is 11.4 Å². The molecule has 2 N–H and O–H groups in total. The molecule has 0 aliphatic rings. The maximum absolute atomic E-state index is 12.4. The highest BCUT2D eigenvalue weighted by Crippen LogP contribution is 2.25. The first-order valence-corrected chi connectivity index (χ1v) is 11.0. The Bertz CT molecular complexity index is 1440. The minimum Gasteiger partial charge on any atom is -0.381 e. The highest BCUT2D eigenvalue weighted by Gasteiger charge is 2.25. The second kappa shape index (κ2) is 10.4. The molecular formula is C25H24N8O3. The molecular weight excluding hydrogens is 460 g/mol. The van der Waals surface area contributed by atoms with Crippen LogP contribution >= 0.6 is 0 Å². The van der Waals surface area contributed by atoms with Gasteiger partial charge in [0.15, 0.2) is 0 Å². The normalized spacial score (nSPS) is 11.2. The number of benzene rings is 1. The van der Waals surface area contributed by atoms with E-state index in [9.17, 15) is 15.2 Å². The summed E-state index contributed by atoms with van der Waals surface area (Å²) in [4.78, 5) is 25.8. The molecule has 0 unspecified atom stereocenters. The lowest BCUT2D eigenvalue weighted by atomic mass is 10.1. The summed E-state index contributed by atoms with van der Waals surface area (Å²) in [7, 11) is 1.61. The van der Waals surface area contributed by atoms with Crippen LogP contribution in [0.5, 0.6) is 0 Å². The van der Waals surface area contributed by atoms with Gasteiger partial charge in [-0.25, -0.2) is 14.6 Å². The Balaban J connectivity index is 1.69. The van der Waals surface area contributed by atoms with E-state index in [1.165, 1.54) is 13.8 Å². The predicted octanol–water partition coefficient (Wildman–Crippen LogP) is 2.57. The van der Waals surface area contributed by atoms with Crippen LogP contribution < -0.4 is 5.32 Å². The topological polar surface area (TPSA) is 152 Å². The molecule has 0 saturated heterocycles. The molecule has 0 aliphatic heterocycles. The number of nitrogens with one attached hydrogen (secondary N) is 1. The van der Waals surface area contributed by atoms with Gasteiger partial charge in [0.05, 0.1) is 53.8 Å². The van der Waals surface area contributed by atoms with Crippen LogP contribution in [-0.2, 0) is 22.7 Å². The van der Waals surface area contributed by atoms with Crippen LogP contribution in [0.4, 0.5) is 5.95 Å². The number of amides is 1. The minimum absolute atomic E-state index is 0.0135. The summed E-state index contributed by atoms with van der Waals surface area (Å²) in [6.45, 7) is 3.52. The lowest BCUT2D eigenvalue weighted by molar-refractivity contribution is -0.130. The van der Waals surface area contributed by atoms with Gasteiger partial charge < -0.3 is 9.84 Å². The quantitative estimate of drug-likeness (QED) is 0.384. The van der Waals surface area contributed by atoms with Crippen molar-refractivity contribution >= 4 is 11.9 Å². The van der Waals surface area contributed by atoms with E-state index in [4.69, 9.17) is 4.74 Å². The van der Waals surface area contributed by atoms with Crippen LogP contribution in [0.15, 0.2) is 54.7 Å². The van der Waals surface area contributed by atoms with Crippen LogP contribution in [0.25, 0.3) is 22.6 Å². The van der Waals surface area contributed by atoms with Crippen LogP contribution in [0, 0.1) is 11.3 Å². The van der Waals surface area contributed by atoms with Gasteiger partial charge >= 0.3 is 0 Å². The van der Waals surface area contributed by atoms with Gasteiger partial charge in [0, 0.05) is 12.7 Å². The molecule has 3 heterocycles. The minimum atomic E-state index is -1.63. The van der Waals surface area contributed by atoms with E-state index >= 15 is 0 Å². The molecule has 4 aromatic rings. The van der Waals surface area contributed by atoms with Crippen molar-refractivity contribution < 1.29 is 14.6 Å². The third-order valence-corrected chi connectivity index (χ3v) is 5.08. The fourth-order valence-corrected chi connectivity index (χ4v) is 3.29. The average molecular weight is 485 g/mol. The van der Waals surface area contributed by atoms with Crippen molar-refractivity contribution in [2.45, 2.75) is 32.6 Å². The van der Waals surface area contributed by atoms with Crippen LogP contribution in [0.1, 0.15) is 30.8 Å². The van der Waals surface area contributed by atoms with E-state index in [-0.39, 0.29) is 5.95 Å². The molecule has 0 saturated carbocycles. The van der Waals surface area contributed by atoms with E-state index in [1.807, 2.05) is 18.2 Å². The van der Waals surface area contributed by atoms with E-state index in [0.29, 0.717) is 41.4 Å². The number of aliphatic hydroxyl groups is 1. The number of hydrogen-bond acceptors (Lipinski definition) is 9. The number of nitriles is 1. The van der Waals surface area contributed by atoms with Gasteiger partial charge in [0.2, 0.25) is 5.95 Å². The molecule has 1 amide bonds. The monoisotopic (exact) mass is 484 g/mol. The molecule has 0 fully saturated rings. The molecule has 1 aromatic carbocycles. The summed E-state index contributed by atoms with van der Waals surface area (Å²) >= 11 is 0. The van der Waals surface area contributed by atoms with Gasteiger partial charge in [0.1, 0.15) is 11.3 Å². The number of methoxy groups -OCH3 is 1. The molecule has 182 valence electrons. The maximum Gasteiger partial charge on any atom is 0.258 e. The number of ether oxygens (including phenoxy) is 1. The summed E-state index contributed by atoms with van der Waals surface area (Å²) in [6, 6.07) is 16.4. The van der Waals surface area contributed by atoms with Gasteiger partial charge in [-0.2, -0.15) is 5.26 Å². The zero-order valence-electron chi connectivity index (χ0n) is 20.0. The Labute approximate surface area is 207 Å². The molecule has 36 heavy (non-hydrogen) atoms. The molecule has 11 heteroatoms. The lowest BCUT2D eigenvalue weighted by Gasteiger charge is -2.16. The van der Waals surface area contributed by atoms with E-state index in [1.54, 1.807) is 48.3 Å². The summed E-state index contributed by atoms with van der Waals surface area (Å²) < 4.78 is 6.77. The Kier molecular flexibility index (Phi) is 7.10. The van der Waals surface area contributed by atoms with E-state index < -0.39 is 11.5 Å². The number of carbonyl (C=O) groups excluding carboxylic acids is 1. The van der Waals surface area contributed by atoms with Crippen molar-refractivity contribution in [3.05, 3.63) is 71.7 Å². The second-order valence-corrected chi connectivity index (χ2v) is 8.52. The van der Waals surface area contributed by atoms with Crippen molar-refractivity contribution in [2.24, 2.45) is 0 Å². The molecule has 11 nitrogen and oxygen atoms in total. The van der Waals surface area contributed by atoms with Gasteiger partial charge in [-0.1, -0.05) is 23.4 Å². The largest absolute Gasteiger partial charge is 0.381 e. The third kappa shape index (κ3) is 5.93. The zero-order valence-corrected chi connectivity index (χ0v) is 20.0. The molecule has 0 aliphatic carbocycles. The van der Waals surface area contributed by atoms with Crippen molar-refractivity contribution in [1.82, 2.24) is 29.9 Å². The molecule has 4 rings (SSSR count). The van der Waals surface area contributed by atoms with Crippen molar-refractivity contribution in [1.29, 1.82) is 5.26 Å². The predicted molar refractivity (Wildman–Crippen MR) is 130 cm³/mol. The van der Waals surface area contributed by atoms with Crippen molar-refractivity contribution in [2.75, 3.05) is 12.4 Å². The molecule has 0 bridgehead atoms. The first kappa shape index (κ1) is 24.6. The number of rotatable bonds is 8. The smallest absolute Gasteiger partial charge is 0.258 e. The number of anilines is 1. The highest BCUT2D eigenvalue weighted by molar-refractivity contribution is 5.95. The fourth-order valence-electron chi connectivity index (χ4n) is 3.29. The fraction of sp³-hybridized carbons (Fsp3) is 0.240. The summed E-state index contributed by atoms with van der Waals surface area (Å²) in [5.41, 5.74) is 2.40. The lowest BCUT2D eigenvalue weighted by Crippen LogP contribution is -2.37. The molecule has 0 atom stereocenters. The SMILES string of the molecule is COCc1cccc(Cn2cc(-c3cc(-c4cccc(C#N)c4)nc(NC(=O)C(C)(C)O)n3)nn2)n1. The second-order valence-electron chi connectivity index (χ2n) is 8.52. The number of carbonyl (C=O) groups is 1. The maximum atomic E-state index is 12.4. The van der Waals surface area contributed by atoms with Gasteiger partial charge in [-0.3, -0.25) is 15.1 Å². The summed E-state index contributed by atoms with van der Waals surface area (Å²) in [6.07, 6.45) is 1.71. The average Bonchev–Trinajstić information content (AvgIpc) is 3.32. The third-order valence-electron chi connectivity index (χ3n) is 5.08. The Morgan fingerprint density at radius 1 is 1.08 bits per heavy atom. The number of hydrogen-bond donors (Lipinski definition) is 2.